The monoisotopic (exact) mass is 283 g/mol. The van der Waals surface area contributed by atoms with Crippen molar-refractivity contribution in [3.63, 3.8) is 0 Å². The Morgan fingerprint density at radius 3 is 2.65 bits per heavy atom. The number of aryl methyl sites for hydroxylation is 1. The highest BCUT2D eigenvalue weighted by Crippen LogP contribution is 2.22. The van der Waals surface area contributed by atoms with Gasteiger partial charge in [0.1, 0.15) is 11.4 Å². The summed E-state index contributed by atoms with van der Waals surface area (Å²) in [6.07, 6.45) is 0.428. The van der Waals surface area contributed by atoms with Gasteiger partial charge in [0.25, 0.3) is 0 Å². The number of nitrogens with one attached hydrogen (secondary N) is 1. The number of anilines is 1. The van der Waals surface area contributed by atoms with Crippen molar-refractivity contribution in [3.8, 4) is 0 Å². The molecule has 0 aliphatic rings. The molecule has 1 rings (SSSR count). The van der Waals surface area contributed by atoms with E-state index in [1.807, 2.05) is 0 Å². The molecule has 0 saturated heterocycles. The zero-order chi connectivity index (χ0) is 15.2. The van der Waals surface area contributed by atoms with Crippen LogP contribution in [0.2, 0.25) is 0 Å². The zero-order valence-electron chi connectivity index (χ0n) is 12.5. The molecule has 0 bridgehead atoms. The van der Waals surface area contributed by atoms with Crippen molar-refractivity contribution in [1.29, 1.82) is 0 Å². The molecule has 0 amide bonds. The van der Waals surface area contributed by atoms with Gasteiger partial charge in [-0.2, -0.15) is 0 Å². The molecule has 20 heavy (non-hydrogen) atoms. The van der Waals surface area contributed by atoms with E-state index in [0.717, 1.165) is 5.56 Å². The third-order valence-corrected chi connectivity index (χ3v) is 2.99. The number of esters is 1. The summed E-state index contributed by atoms with van der Waals surface area (Å²) in [6, 6.07) is 4.58. The first-order chi connectivity index (χ1) is 9.41. The minimum atomic E-state index is -0.952. The van der Waals surface area contributed by atoms with Gasteiger partial charge in [-0.25, -0.2) is 9.18 Å². The molecule has 0 fully saturated rings. The van der Waals surface area contributed by atoms with Crippen LogP contribution in [0.15, 0.2) is 18.2 Å². The molecular weight excluding hydrogens is 261 g/mol. The van der Waals surface area contributed by atoms with E-state index in [1.165, 1.54) is 12.1 Å². The fourth-order valence-corrected chi connectivity index (χ4v) is 1.94. The van der Waals surface area contributed by atoms with E-state index < -0.39 is 5.54 Å². The minimum Gasteiger partial charge on any atom is -0.464 e. The predicted molar refractivity (Wildman–Crippen MR) is 76.3 cm³/mol. The van der Waals surface area contributed by atoms with Gasteiger partial charge in [-0.15, -0.1) is 0 Å². The Morgan fingerprint density at radius 2 is 2.10 bits per heavy atom. The second kappa shape index (κ2) is 7.24. The third-order valence-electron chi connectivity index (χ3n) is 2.99. The molecule has 5 heteroatoms. The fourth-order valence-electron chi connectivity index (χ4n) is 1.94. The van der Waals surface area contributed by atoms with Crippen molar-refractivity contribution in [2.24, 2.45) is 0 Å². The highest BCUT2D eigenvalue weighted by atomic mass is 19.1. The van der Waals surface area contributed by atoms with Crippen LogP contribution in [-0.4, -0.2) is 31.8 Å². The van der Waals surface area contributed by atoms with Crippen molar-refractivity contribution < 1.29 is 18.7 Å². The maximum Gasteiger partial charge on any atom is 0.331 e. The van der Waals surface area contributed by atoms with E-state index in [9.17, 15) is 9.18 Å². The molecule has 0 saturated carbocycles. The second-order valence-electron chi connectivity index (χ2n) is 4.94. The van der Waals surface area contributed by atoms with Gasteiger partial charge in [-0.05, 0) is 44.5 Å². The molecular formula is C15H22FNO3. The molecule has 0 heterocycles. The predicted octanol–water partition coefficient (Wildman–Crippen LogP) is 2.90. The van der Waals surface area contributed by atoms with Gasteiger partial charge in [0.15, 0.2) is 0 Å². The molecule has 4 nitrogen and oxygen atoms in total. The van der Waals surface area contributed by atoms with E-state index >= 15 is 0 Å². The molecule has 0 spiro atoms. The van der Waals surface area contributed by atoms with E-state index in [1.54, 1.807) is 33.9 Å². The van der Waals surface area contributed by atoms with E-state index in [4.69, 9.17) is 9.47 Å². The van der Waals surface area contributed by atoms with Crippen LogP contribution in [0.4, 0.5) is 10.1 Å². The first-order valence-corrected chi connectivity index (χ1v) is 6.63. The summed E-state index contributed by atoms with van der Waals surface area (Å²) in [5.41, 5.74) is 0.381. The number of hydrogen-bond acceptors (Lipinski definition) is 4. The Bertz CT molecular complexity index is 444. The summed E-state index contributed by atoms with van der Waals surface area (Å²) in [5, 5.41) is 3.06. The molecule has 1 aromatic carbocycles. The first kappa shape index (κ1) is 16.4. The van der Waals surface area contributed by atoms with Gasteiger partial charge < -0.3 is 14.8 Å². The lowest BCUT2D eigenvalue weighted by Crippen LogP contribution is -2.45. The van der Waals surface area contributed by atoms with E-state index in [0.29, 0.717) is 25.3 Å². The van der Waals surface area contributed by atoms with Crippen molar-refractivity contribution in [2.75, 3.05) is 25.6 Å². The summed E-state index contributed by atoms with van der Waals surface area (Å²) >= 11 is 0. The molecule has 1 atom stereocenters. The number of hydrogen-bond donors (Lipinski definition) is 1. The van der Waals surface area contributed by atoms with E-state index in [2.05, 4.69) is 5.32 Å². The van der Waals surface area contributed by atoms with Crippen LogP contribution in [-0.2, 0) is 14.3 Å². The molecule has 1 aromatic rings. The fraction of sp³-hybridized carbons (Fsp3) is 0.533. The largest absolute Gasteiger partial charge is 0.464 e. The van der Waals surface area contributed by atoms with Crippen molar-refractivity contribution in [3.05, 3.63) is 29.6 Å². The Hall–Kier alpha value is -1.62. The van der Waals surface area contributed by atoms with Crippen molar-refractivity contribution in [2.45, 2.75) is 32.7 Å². The zero-order valence-corrected chi connectivity index (χ0v) is 12.5. The normalized spacial score (nSPS) is 13.7. The Morgan fingerprint density at radius 1 is 1.40 bits per heavy atom. The number of carbonyl (C=O) groups is 1. The SMILES string of the molecule is CCOC(=O)C(C)(CCOC)Nc1cc(C)cc(F)c1. The standard InChI is InChI=1S/C15H22FNO3/c1-5-20-14(18)15(3,6-7-19-4)17-13-9-11(2)8-12(16)10-13/h8-10,17H,5-7H2,1-4H3. The number of halogens is 1. The van der Waals surface area contributed by atoms with Crippen LogP contribution >= 0.6 is 0 Å². The lowest BCUT2D eigenvalue weighted by atomic mass is 9.97. The summed E-state index contributed by atoms with van der Waals surface area (Å²) in [6.45, 7) is 5.97. The maximum atomic E-state index is 13.4. The number of methoxy groups -OCH3 is 1. The van der Waals surface area contributed by atoms with Gasteiger partial charge in [-0.3, -0.25) is 0 Å². The average Bonchev–Trinajstić information content (AvgIpc) is 2.35. The lowest BCUT2D eigenvalue weighted by molar-refractivity contribution is -0.148. The minimum absolute atomic E-state index is 0.297. The Balaban J connectivity index is 2.95. The molecule has 0 aliphatic heterocycles. The van der Waals surface area contributed by atoms with Gasteiger partial charge in [0.2, 0.25) is 0 Å². The number of carbonyl (C=O) groups excluding carboxylic acids is 1. The lowest BCUT2D eigenvalue weighted by Gasteiger charge is -2.29. The van der Waals surface area contributed by atoms with Gasteiger partial charge in [0, 0.05) is 25.8 Å². The van der Waals surface area contributed by atoms with Gasteiger partial charge in [0.05, 0.1) is 6.61 Å². The van der Waals surface area contributed by atoms with E-state index in [-0.39, 0.29) is 11.8 Å². The maximum absolute atomic E-state index is 13.4. The highest BCUT2D eigenvalue weighted by molar-refractivity contribution is 5.84. The number of benzene rings is 1. The molecule has 1 unspecified atom stereocenters. The quantitative estimate of drug-likeness (QED) is 0.782. The Labute approximate surface area is 119 Å². The molecule has 0 aliphatic carbocycles. The third kappa shape index (κ3) is 4.49. The van der Waals surface area contributed by atoms with Crippen LogP contribution in [0.5, 0.6) is 0 Å². The average molecular weight is 283 g/mol. The molecule has 112 valence electrons. The summed E-state index contributed by atoms with van der Waals surface area (Å²) < 4.78 is 23.5. The highest BCUT2D eigenvalue weighted by Gasteiger charge is 2.34. The summed E-state index contributed by atoms with van der Waals surface area (Å²) in [7, 11) is 1.57. The van der Waals surface area contributed by atoms with Crippen molar-refractivity contribution in [1.82, 2.24) is 0 Å². The first-order valence-electron chi connectivity index (χ1n) is 6.63. The van der Waals surface area contributed by atoms with Crippen molar-refractivity contribution >= 4 is 11.7 Å². The Kier molecular flexibility index (Phi) is 5.95. The smallest absolute Gasteiger partial charge is 0.331 e. The number of ether oxygens (including phenoxy) is 2. The molecule has 0 aromatic heterocycles. The topological polar surface area (TPSA) is 47.6 Å². The van der Waals surface area contributed by atoms with Gasteiger partial charge in [-0.1, -0.05) is 0 Å². The molecule has 0 radical (unpaired) electrons. The van der Waals surface area contributed by atoms with Gasteiger partial charge >= 0.3 is 5.97 Å². The summed E-state index contributed by atoms with van der Waals surface area (Å²) in [4.78, 5) is 12.1. The van der Waals surface area contributed by atoms with Crippen LogP contribution in [0, 0.1) is 12.7 Å². The van der Waals surface area contributed by atoms with Crippen LogP contribution in [0.25, 0.3) is 0 Å². The number of rotatable bonds is 7. The van der Waals surface area contributed by atoms with Crippen LogP contribution in [0.1, 0.15) is 25.8 Å². The molecule has 1 N–H and O–H groups in total. The summed E-state index contributed by atoms with van der Waals surface area (Å²) in [5.74, 6) is -0.718. The van der Waals surface area contributed by atoms with Crippen LogP contribution in [0.3, 0.4) is 0 Å². The second-order valence-corrected chi connectivity index (χ2v) is 4.94. The van der Waals surface area contributed by atoms with Crippen LogP contribution < -0.4 is 5.32 Å².